The highest BCUT2D eigenvalue weighted by Crippen LogP contribution is 2.17. The molecule has 8 heteroatoms. The lowest BCUT2D eigenvalue weighted by Crippen LogP contribution is -2.49. The molecule has 3 amide bonds. The fourth-order valence-electron chi connectivity index (χ4n) is 2.16. The van der Waals surface area contributed by atoms with Crippen molar-refractivity contribution >= 4 is 23.5 Å². The van der Waals surface area contributed by atoms with Crippen LogP contribution >= 0.6 is 0 Å². The molecule has 0 saturated carbocycles. The van der Waals surface area contributed by atoms with Crippen molar-refractivity contribution in [2.75, 3.05) is 26.2 Å². The highest BCUT2D eigenvalue weighted by molar-refractivity contribution is 6.37. The first kappa shape index (κ1) is 17.1. The van der Waals surface area contributed by atoms with Gasteiger partial charge in [-0.25, -0.2) is 0 Å². The standard InChI is InChI=1S/C13H22N4O4/c1-2-5-15-13(21)10(18)8-16-12(20)9-4-3-6-17(9)11(19)7-14/h9H,2-8,14H2,1H3,(H,15,21)(H,16,20). The van der Waals surface area contributed by atoms with E-state index in [1.165, 1.54) is 4.90 Å². The van der Waals surface area contributed by atoms with Crippen LogP contribution in [0.25, 0.3) is 0 Å². The number of ketones is 1. The summed E-state index contributed by atoms with van der Waals surface area (Å²) in [6, 6.07) is -0.604. The lowest BCUT2D eigenvalue weighted by Gasteiger charge is -2.23. The predicted molar refractivity (Wildman–Crippen MR) is 75.1 cm³/mol. The van der Waals surface area contributed by atoms with Crippen molar-refractivity contribution in [3.05, 3.63) is 0 Å². The minimum atomic E-state index is -0.710. The first-order valence-electron chi connectivity index (χ1n) is 7.09. The number of Topliss-reactive ketones (excluding diaryl/α,β-unsaturated/α-hetero) is 1. The lowest BCUT2D eigenvalue weighted by atomic mass is 10.2. The molecule has 1 aliphatic rings. The summed E-state index contributed by atoms with van der Waals surface area (Å²) in [7, 11) is 0. The highest BCUT2D eigenvalue weighted by Gasteiger charge is 2.33. The third-order valence-corrected chi connectivity index (χ3v) is 3.26. The van der Waals surface area contributed by atoms with E-state index in [9.17, 15) is 19.2 Å². The van der Waals surface area contributed by atoms with Gasteiger partial charge in [-0.15, -0.1) is 0 Å². The van der Waals surface area contributed by atoms with E-state index in [0.717, 1.165) is 12.8 Å². The van der Waals surface area contributed by atoms with Crippen LogP contribution in [-0.2, 0) is 19.2 Å². The number of nitrogens with one attached hydrogen (secondary N) is 2. The Hall–Kier alpha value is -1.96. The van der Waals surface area contributed by atoms with Gasteiger partial charge in [0.15, 0.2) is 0 Å². The normalized spacial score (nSPS) is 17.4. The van der Waals surface area contributed by atoms with E-state index in [-0.39, 0.29) is 19.0 Å². The zero-order valence-electron chi connectivity index (χ0n) is 12.2. The number of nitrogens with zero attached hydrogens (tertiary/aromatic N) is 1. The highest BCUT2D eigenvalue weighted by atomic mass is 16.2. The number of rotatable bonds is 7. The second kappa shape index (κ2) is 8.35. The van der Waals surface area contributed by atoms with E-state index in [4.69, 9.17) is 5.73 Å². The molecule has 0 aromatic heterocycles. The van der Waals surface area contributed by atoms with Crippen molar-refractivity contribution in [1.82, 2.24) is 15.5 Å². The van der Waals surface area contributed by atoms with Gasteiger partial charge in [0.1, 0.15) is 6.04 Å². The van der Waals surface area contributed by atoms with Gasteiger partial charge in [-0.1, -0.05) is 6.92 Å². The minimum absolute atomic E-state index is 0.151. The Morgan fingerprint density at radius 2 is 1.95 bits per heavy atom. The molecule has 1 unspecified atom stereocenters. The van der Waals surface area contributed by atoms with E-state index >= 15 is 0 Å². The maximum Gasteiger partial charge on any atom is 0.289 e. The van der Waals surface area contributed by atoms with E-state index in [1.54, 1.807) is 0 Å². The van der Waals surface area contributed by atoms with Gasteiger partial charge in [0, 0.05) is 13.1 Å². The summed E-state index contributed by atoms with van der Waals surface area (Å²) >= 11 is 0. The minimum Gasteiger partial charge on any atom is -0.349 e. The summed E-state index contributed by atoms with van der Waals surface area (Å²) in [6.07, 6.45) is 1.98. The van der Waals surface area contributed by atoms with Crippen LogP contribution in [-0.4, -0.2) is 60.6 Å². The molecule has 0 aliphatic carbocycles. The van der Waals surface area contributed by atoms with Crippen LogP contribution in [0.4, 0.5) is 0 Å². The molecule has 0 radical (unpaired) electrons. The van der Waals surface area contributed by atoms with Gasteiger partial charge in [0.2, 0.25) is 17.6 Å². The summed E-state index contributed by atoms with van der Waals surface area (Å²) in [4.78, 5) is 47.9. The Morgan fingerprint density at radius 1 is 1.24 bits per heavy atom. The summed E-state index contributed by atoms with van der Waals surface area (Å²) in [5.74, 6) is -2.13. The molecule has 4 N–H and O–H groups in total. The van der Waals surface area contributed by atoms with E-state index in [1.807, 2.05) is 6.92 Å². The molecule has 1 saturated heterocycles. The number of nitrogens with two attached hydrogens (primary N) is 1. The average molecular weight is 298 g/mol. The largest absolute Gasteiger partial charge is 0.349 e. The van der Waals surface area contributed by atoms with Gasteiger partial charge in [-0.2, -0.15) is 0 Å². The van der Waals surface area contributed by atoms with Gasteiger partial charge in [-0.05, 0) is 19.3 Å². The number of carbonyl (C=O) groups excluding carboxylic acids is 4. The maximum absolute atomic E-state index is 12.0. The molecule has 118 valence electrons. The Labute approximate surface area is 123 Å². The fourth-order valence-corrected chi connectivity index (χ4v) is 2.16. The molecule has 8 nitrogen and oxygen atoms in total. The number of amides is 3. The molecule has 1 rings (SSSR count). The topological polar surface area (TPSA) is 122 Å². The van der Waals surface area contributed by atoms with E-state index in [0.29, 0.717) is 19.5 Å². The molecule has 0 aromatic carbocycles. The molecule has 1 atom stereocenters. The smallest absolute Gasteiger partial charge is 0.289 e. The molecular weight excluding hydrogens is 276 g/mol. The Bertz CT molecular complexity index is 424. The fraction of sp³-hybridized carbons (Fsp3) is 0.692. The van der Waals surface area contributed by atoms with Crippen molar-refractivity contribution in [2.45, 2.75) is 32.2 Å². The van der Waals surface area contributed by atoms with Crippen LogP contribution in [0.15, 0.2) is 0 Å². The lowest BCUT2D eigenvalue weighted by molar-refractivity contribution is -0.140. The third kappa shape index (κ3) is 4.82. The van der Waals surface area contributed by atoms with Crippen LogP contribution in [0, 0.1) is 0 Å². The second-order valence-corrected chi connectivity index (χ2v) is 4.85. The number of hydrogen-bond donors (Lipinski definition) is 3. The van der Waals surface area contributed by atoms with Crippen LogP contribution < -0.4 is 16.4 Å². The molecule has 1 heterocycles. The Morgan fingerprint density at radius 3 is 2.57 bits per heavy atom. The predicted octanol–water partition coefficient (Wildman–Crippen LogP) is -1.85. The quantitative estimate of drug-likeness (QED) is 0.476. The van der Waals surface area contributed by atoms with Gasteiger partial charge < -0.3 is 21.3 Å². The average Bonchev–Trinajstić information content (AvgIpc) is 2.98. The molecule has 1 aliphatic heterocycles. The number of likely N-dealkylation sites (tertiary alicyclic amines) is 1. The van der Waals surface area contributed by atoms with Crippen LogP contribution in [0.2, 0.25) is 0 Å². The van der Waals surface area contributed by atoms with Crippen molar-refractivity contribution in [3.63, 3.8) is 0 Å². The first-order valence-corrected chi connectivity index (χ1v) is 7.09. The van der Waals surface area contributed by atoms with Crippen molar-refractivity contribution in [2.24, 2.45) is 5.73 Å². The Kier molecular flexibility index (Phi) is 6.80. The van der Waals surface area contributed by atoms with Gasteiger partial charge in [-0.3, -0.25) is 19.2 Å². The maximum atomic E-state index is 12.0. The zero-order chi connectivity index (χ0) is 15.8. The number of hydrogen-bond acceptors (Lipinski definition) is 5. The van der Waals surface area contributed by atoms with Crippen molar-refractivity contribution in [1.29, 1.82) is 0 Å². The van der Waals surface area contributed by atoms with Crippen molar-refractivity contribution in [3.8, 4) is 0 Å². The van der Waals surface area contributed by atoms with Gasteiger partial charge >= 0.3 is 0 Å². The van der Waals surface area contributed by atoms with Gasteiger partial charge in [0.05, 0.1) is 13.1 Å². The molecule has 0 aromatic rings. The molecule has 0 bridgehead atoms. The summed E-state index contributed by atoms with van der Waals surface area (Å²) in [5.41, 5.74) is 5.29. The summed E-state index contributed by atoms with van der Waals surface area (Å²) in [6.45, 7) is 2.26. The molecule has 0 spiro atoms. The summed E-state index contributed by atoms with van der Waals surface area (Å²) in [5, 5.41) is 4.85. The zero-order valence-corrected chi connectivity index (χ0v) is 12.2. The Balaban J connectivity index is 2.44. The van der Waals surface area contributed by atoms with Crippen molar-refractivity contribution < 1.29 is 19.2 Å². The molecule has 1 fully saturated rings. The van der Waals surface area contributed by atoms with E-state index in [2.05, 4.69) is 10.6 Å². The monoisotopic (exact) mass is 298 g/mol. The molecule has 21 heavy (non-hydrogen) atoms. The number of carbonyl (C=O) groups is 4. The summed E-state index contributed by atoms with van der Waals surface area (Å²) < 4.78 is 0. The van der Waals surface area contributed by atoms with Crippen LogP contribution in [0.5, 0.6) is 0 Å². The first-order chi connectivity index (χ1) is 10.0. The van der Waals surface area contributed by atoms with Crippen LogP contribution in [0.1, 0.15) is 26.2 Å². The van der Waals surface area contributed by atoms with Gasteiger partial charge in [0.25, 0.3) is 5.91 Å². The van der Waals surface area contributed by atoms with Crippen LogP contribution in [0.3, 0.4) is 0 Å². The molecular formula is C13H22N4O4. The SMILES string of the molecule is CCCNC(=O)C(=O)CNC(=O)C1CCCN1C(=O)CN. The van der Waals surface area contributed by atoms with E-state index < -0.39 is 23.6 Å². The third-order valence-electron chi connectivity index (χ3n) is 3.26. The second-order valence-electron chi connectivity index (χ2n) is 4.85.